The second kappa shape index (κ2) is 4.62. The molecule has 0 bridgehead atoms. The highest BCUT2D eigenvalue weighted by Crippen LogP contribution is 2.21. The second-order valence-electron chi connectivity index (χ2n) is 4.14. The summed E-state index contributed by atoms with van der Waals surface area (Å²) in [6, 6.07) is 7.02. The molecule has 2 N–H and O–H groups in total. The van der Waals surface area contributed by atoms with Gasteiger partial charge in [-0.25, -0.2) is 4.39 Å². The van der Waals surface area contributed by atoms with Gasteiger partial charge < -0.3 is 10.4 Å². The van der Waals surface area contributed by atoms with Crippen LogP contribution < -0.4 is 5.32 Å². The highest BCUT2D eigenvalue weighted by atomic mass is 19.1. The van der Waals surface area contributed by atoms with E-state index in [4.69, 9.17) is 5.11 Å². The minimum atomic E-state index is -0.694. The van der Waals surface area contributed by atoms with E-state index in [0.717, 1.165) is 25.1 Å². The van der Waals surface area contributed by atoms with Crippen molar-refractivity contribution in [3.05, 3.63) is 29.8 Å². The predicted molar refractivity (Wildman–Crippen MR) is 57.7 cm³/mol. The molecule has 82 valence electrons. The van der Waals surface area contributed by atoms with Crippen LogP contribution in [0.1, 0.15) is 12.0 Å². The standard InChI is InChI=1S/C12H16FNO/c13-12-5-6-14-8-10(12)7-9-1-3-11(15)4-2-9/h1-4,10,12,14-15H,5-8H2. The number of alkyl halides is 1. The lowest BCUT2D eigenvalue weighted by atomic mass is 9.91. The molecule has 2 nitrogen and oxygen atoms in total. The molecule has 1 aromatic carbocycles. The Bertz CT molecular complexity index is 312. The molecule has 1 saturated heterocycles. The number of halogens is 1. The van der Waals surface area contributed by atoms with Gasteiger partial charge in [0.15, 0.2) is 0 Å². The fourth-order valence-corrected chi connectivity index (χ4v) is 2.03. The third-order valence-corrected chi connectivity index (χ3v) is 2.95. The summed E-state index contributed by atoms with van der Waals surface area (Å²) in [5.74, 6) is 0.334. The van der Waals surface area contributed by atoms with Gasteiger partial charge in [0.05, 0.1) is 0 Å². The zero-order chi connectivity index (χ0) is 10.7. The van der Waals surface area contributed by atoms with E-state index in [0.29, 0.717) is 6.42 Å². The second-order valence-corrected chi connectivity index (χ2v) is 4.14. The number of rotatable bonds is 2. The van der Waals surface area contributed by atoms with Gasteiger partial charge in [-0.2, -0.15) is 0 Å². The molecule has 15 heavy (non-hydrogen) atoms. The monoisotopic (exact) mass is 209 g/mol. The molecule has 0 saturated carbocycles. The zero-order valence-corrected chi connectivity index (χ0v) is 8.62. The van der Waals surface area contributed by atoms with Crippen LogP contribution in [-0.4, -0.2) is 24.4 Å². The van der Waals surface area contributed by atoms with Crippen LogP contribution in [0.5, 0.6) is 5.75 Å². The lowest BCUT2D eigenvalue weighted by Gasteiger charge is -2.26. The van der Waals surface area contributed by atoms with Crippen molar-refractivity contribution in [2.75, 3.05) is 13.1 Å². The molecule has 0 radical (unpaired) electrons. The van der Waals surface area contributed by atoms with Crippen molar-refractivity contribution in [3.63, 3.8) is 0 Å². The number of aromatic hydroxyl groups is 1. The van der Waals surface area contributed by atoms with Crippen LogP contribution in [0.2, 0.25) is 0 Å². The van der Waals surface area contributed by atoms with Gasteiger partial charge in [-0.15, -0.1) is 0 Å². The summed E-state index contributed by atoms with van der Waals surface area (Å²) in [5.41, 5.74) is 1.09. The van der Waals surface area contributed by atoms with Crippen molar-refractivity contribution < 1.29 is 9.50 Å². The van der Waals surface area contributed by atoms with E-state index in [-0.39, 0.29) is 11.7 Å². The number of hydrogen-bond acceptors (Lipinski definition) is 2. The molecule has 2 rings (SSSR count). The Hall–Kier alpha value is -1.09. The van der Waals surface area contributed by atoms with Gasteiger partial charge in [0.2, 0.25) is 0 Å². The number of hydrogen-bond donors (Lipinski definition) is 2. The Kier molecular flexibility index (Phi) is 3.21. The van der Waals surface area contributed by atoms with Gasteiger partial charge >= 0.3 is 0 Å². The number of piperidine rings is 1. The van der Waals surface area contributed by atoms with Crippen LogP contribution in [0.15, 0.2) is 24.3 Å². The molecule has 1 aliphatic heterocycles. The van der Waals surface area contributed by atoms with Crippen LogP contribution in [0.4, 0.5) is 4.39 Å². The molecule has 0 aliphatic carbocycles. The summed E-state index contributed by atoms with van der Waals surface area (Å²) in [4.78, 5) is 0. The smallest absolute Gasteiger partial charge is 0.115 e. The topological polar surface area (TPSA) is 32.3 Å². The van der Waals surface area contributed by atoms with E-state index < -0.39 is 6.17 Å². The number of benzene rings is 1. The molecule has 0 amide bonds. The summed E-state index contributed by atoms with van der Waals surface area (Å²) < 4.78 is 13.5. The first kappa shape index (κ1) is 10.4. The van der Waals surface area contributed by atoms with E-state index in [9.17, 15) is 4.39 Å². The van der Waals surface area contributed by atoms with Crippen molar-refractivity contribution in [2.24, 2.45) is 5.92 Å². The highest BCUT2D eigenvalue weighted by Gasteiger charge is 2.24. The average molecular weight is 209 g/mol. The van der Waals surface area contributed by atoms with Crippen molar-refractivity contribution in [2.45, 2.75) is 19.0 Å². The Morgan fingerprint density at radius 1 is 1.33 bits per heavy atom. The number of phenols is 1. The maximum Gasteiger partial charge on any atom is 0.115 e. The zero-order valence-electron chi connectivity index (χ0n) is 8.62. The number of nitrogens with one attached hydrogen (secondary N) is 1. The van der Waals surface area contributed by atoms with Crippen LogP contribution in [0.3, 0.4) is 0 Å². The van der Waals surface area contributed by atoms with Crippen LogP contribution in [0, 0.1) is 5.92 Å². The summed E-state index contributed by atoms with van der Waals surface area (Å²) in [5, 5.41) is 12.3. The van der Waals surface area contributed by atoms with Crippen molar-refractivity contribution >= 4 is 0 Å². The molecule has 1 aromatic rings. The van der Waals surface area contributed by atoms with Gasteiger partial charge in [0.25, 0.3) is 0 Å². The van der Waals surface area contributed by atoms with E-state index in [1.54, 1.807) is 12.1 Å². The van der Waals surface area contributed by atoms with Gasteiger partial charge in [0.1, 0.15) is 11.9 Å². The average Bonchev–Trinajstić information content (AvgIpc) is 2.25. The highest BCUT2D eigenvalue weighted by molar-refractivity contribution is 5.26. The lowest BCUT2D eigenvalue weighted by Crippen LogP contribution is -2.38. The van der Waals surface area contributed by atoms with Crippen molar-refractivity contribution in [1.29, 1.82) is 0 Å². The van der Waals surface area contributed by atoms with E-state index in [1.807, 2.05) is 12.1 Å². The molecule has 2 unspecified atom stereocenters. The molecule has 1 aliphatic rings. The quantitative estimate of drug-likeness (QED) is 0.779. The SMILES string of the molecule is Oc1ccc(CC2CNCCC2F)cc1. The molecule has 0 spiro atoms. The van der Waals surface area contributed by atoms with Crippen LogP contribution in [0.25, 0.3) is 0 Å². The molecule has 1 heterocycles. The van der Waals surface area contributed by atoms with E-state index in [1.165, 1.54) is 0 Å². The minimum Gasteiger partial charge on any atom is -0.508 e. The van der Waals surface area contributed by atoms with Gasteiger partial charge in [-0.1, -0.05) is 12.1 Å². The minimum absolute atomic E-state index is 0.0725. The van der Waals surface area contributed by atoms with Gasteiger partial charge in [-0.3, -0.25) is 0 Å². The molecule has 1 fully saturated rings. The van der Waals surface area contributed by atoms with Gasteiger partial charge in [-0.05, 0) is 37.1 Å². The third-order valence-electron chi connectivity index (χ3n) is 2.95. The Labute approximate surface area is 89.1 Å². The molecular formula is C12H16FNO. The Morgan fingerprint density at radius 2 is 2.07 bits per heavy atom. The fourth-order valence-electron chi connectivity index (χ4n) is 2.03. The molecule has 0 aromatic heterocycles. The van der Waals surface area contributed by atoms with Crippen molar-refractivity contribution in [1.82, 2.24) is 5.32 Å². The first-order valence-electron chi connectivity index (χ1n) is 5.38. The Balaban J connectivity index is 1.98. The van der Waals surface area contributed by atoms with Crippen molar-refractivity contribution in [3.8, 4) is 5.75 Å². The van der Waals surface area contributed by atoms with Gasteiger partial charge in [0, 0.05) is 12.5 Å². The molecular weight excluding hydrogens is 193 g/mol. The fraction of sp³-hybridized carbons (Fsp3) is 0.500. The first-order valence-corrected chi connectivity index (χ1v) is 5.38. The molecule has 3 heteroatoms. The Morgan fingerprint density at radius 3 is 2.73 bits per heavy atom. The summed E-state index contributed by atoms with van der Waals surface area (Å²) >= 11 is 0. The maximum atomic E-state index is 13.5. The largest absolute Gasteiger partial charge is 0.508 e. The molecule has 2 atom stereocenters. The van der Waals surface area contributed by atoms with E-state index >= 15 is 0 Å². The maximum absolute atomic E-state index is 13.5. The van der Waals surface area contributed by atoms with Crippen LogP contribution in [-0.2, 0) is 6.42 Å². The summed E-state index contributed by atoms with van der Waals surface area (Å²) in [6.45, 7) is 1.54. The lowest BCUT2D eigenvalue weighted by molar-refractivity contribution is 0.178. The number of phenolic OH excluding ortho intramolecular Hbond substituents is 1. The normalized spacial score (nSPS) is 26.5. The predicted octanol–water partition coefficient (Wildman–Crippen LogP) is 1.88. The summed E-state index contributed by atoms with van der Waals surface area (Å²) in [7, 11) is 0. The van der Waals surface area contributed by atoms with E-state index in [2.05, 4.69) is 5.32 Å². The third kappa shape index (κ3) is 2.69. The van der Waals surface area contributed by atoms with Crippen LogP contribution >= 0.6 is 0 Å². The summed E-state index contributed by atoms with van der Waals surface area (Å²) in [6.07, 6.45) is 0.664. The first-order chi connectivity index (χ1) is 7.25.